The Hall–Kier alpha value is -3.79. The Kier molecular flexibility index (Phi) is 5.74. The van der Waals surface area contributed by atoms with Gasteiger partial charge in [0.2, 0.25) is 12.0 Å². The van der Waals surface area contributed by atoms with Crippen LogP contribution in [0.3, 0.4) is 0 Å². The molecule has 3 heterocycles. The number of para-hydroxylation sites is 3. The second-order valence-electron chi connectivity index (χ2n) is 7.40. The van der Waals surface area contributed by atoms with Crippen LogP contribution in [0.1, 0.15) is 23.4 Å². The normalized spacial score (nSPS) is 14.8. The molecule has 0 aliphatic carbocycles. The molecule has 2 aromatic heterocycles. The molecule has 33 heavy (non-hydrogen) atoms. The Morgan fingerprint density at radius 2 is 1.85 bits per heavy atom. The highest BCUT2D eigenvalue weighted by molar-refractivity contribution is 7.99. The topological polar surface area (TPSA) is 104 Å². The van der Waals surface area contributed by atoms with Crippen LogP contribution < -0.4 is 14.8 Å². The maximum absolute atomic E-state index is 12.6. The van der Waals surface area contributed by atoms with Gasteiger partial charge in [-0.05, 0) is 38.1 Å². The van der Waals surface area contributed by atoms with Crippen LogP contribution >= 0.6 is 11.8 Å². The van der Waals surface area contributed by atoms with Crippen LogP contribution in [0.25, 0.3) is 5.69 Å². The Balaban J connectivity index is 1.20. The fourth-order valence-electron chi connectivity index (χ4n) is 3.50. The summed E-state index contributed by atoms with van der Waals surface area (Å²) in [6.07, 6.45) is -0.496. The lowest BCUT2D eigenvalue weighted by atomic mass is 10.2. The summed E-state index contributed by atoms with van der Waals surface area (Å²) in [6, 6.07) is 17.2. The van der Waals surface area contributed by atoms with Crippen molar-refractivity contribution in [2.75, 3.05) is 17.7 Å². The van der Waals surface area contributed by atoms with Gasteiger partial charge in [-0.25, -0.2) is 4.68 Å². The zero-order valence-electron chi connectivity index (χ0n) is 18.0. The Morgan fingerprint density at radius 1 is 1.09 bits per heavy atom. The van der Waals surface area contributed by atoms with Crippen molar-refractivity contribution in [2.24, 2.45) is 0 Å². The molecular formula is C23H21N5O4S. The molecule has 0 spiro atoms. The predicted octanol–water partition coefficient (Wildman–Crippen LogP) is 4.12. The molecule has 0 saturated heterocycles. The van der Waals surface area contributed by atoms with Crippen LogP contribution in [-0.4, -0.2) is 38.2 Å². The highest BCUT2D eigenvalue weighted by Gasteiger charge is 2.27. The molecule has 168 valence electrons. The number of nitrogens with zero attached hydrogens (tertiary/aromatic N) is 4. The first-order valence-corrected chi connectivity index (χ1v) is 11.3. The number of aromatic nitrogens is 4. The zero-order chi connectivity index (χ0) is 22.8. The minimum absolute atomic E-state index is 0.113. The smallest absolute Gasteiger partial charge is 0.277 e. The second kappa shape index (κ2) is 8.99. The fraction of sp³-hybridized carbons (Fsp3) is 0.217. The molecule has 10 heteroatoms. The molecule has 1 aliphatic rings. The highest BCUT2D eigenvalue weighted by Crippen LogP contribution is 2.36. The summed E-state index contributed by atoms with van der Waals surface area (Å²) in [7, 11) is 0. The maximum Gasteiger partial charge on any atom is 0.277 e. The minimum atomic E-state index is -0.496. The van der Waals surface area contributed by atoms with E-state index in [1.807, 2.05) is 73.1 Å². The summed E-state index contributed by atoms with van der Waals surface area (Å²) in [5.41, 5.74) is 3.22. The molecule has 0 radical (unpaired) electrons. The molecule has 1 amide bonds. The lowest BCUT2D eigenvalue weighted by Gasteiger charge is -2.23. The third kappa shape index (κ3) is 4.42. The Labute approximate surface area is 194 Å². The van der Waals surface area contributed by atoms with Crippen molar-refractivity contribution in [1.82, 2.24) is 20.0 Å². The predicted molar refractivity (Wildman–Crippen MR) is 122 cm³/mol. The Bertz CT molecular complexity index is 1290. The second-order valence-corrected chi connectivity index (χ2v) is 8.33. The van der Waals surface area contributed by atoms with E-state index >= 15 is 0 Å². The molecule has 1 N–H and O–H groups in total. The molecule has 2 aromatic carbocycles. The zero-order valence-corrected chi connectivity index (χ0v) is 18.8. The summed E-state index contributed by atoms with van der Waals surface area (Å²) < 4.78 is 19.1. The van der Waals surface area contributed by atoms with Gasteiger partial charge in [0.1, 0.15) is 6.61 Å². The van der Waals surface area contributed by atoms with Crippen LogP contribution in [0.15, 0.2) is 64.2 Å². The highest BCUT2D eigenvalue weighted by atomic mass is 32.2. The van der Waals surface area contributed by atoms with E-state index in [4.69, 9.17) is 13.9 Å². The van der Waals surface area contributed by atoms with Gasteiger partial charge in [-0.3, -0.25) is 4.79 Å². The molecule has 0 bridgehead atoms. The molecule has 0 fully saturated rings. The molecule has 1 aliphatic heterocycles. The number of thioether (sulfide) groups is 1. The molecule has 4 aromatic rings. The summed E-state index contributed by atoms with van der Waals surface area (Å²) in [5.74, 6) is 1.54. The summed E-state index contributed by atoms with van der Waals surface area (Å²) in [6.45, 7) is 4.06. The van der Waals surface area contributed by atoms with Crippen molar-refractivity contribution in [1.29, 1.82) is 0 Å². The third-order valence-corrected chi connectivity index (χ3v) is 5.91. The number of carbonyl (C=O) groups is 1. The SMILES string of the molecule is Cc1nn(-c2ccccc2)c(C)c1NC(=O)CSc1nnc([C@H]2COc3ccccc3O2)o1. The first-order valence-electron chi connectivity index (χ1n) is 10.3. The van der Waals surface area contributed by atoms with Crippen molar-refractivity contribution in [3.8, 4) is 17.2 Å². The number of nitrogens with one attached hydrogen (secondary N) is 1. The van der Waals surface area contributed by atoms with Gasteiger partial charge in [0.05, 0.1) is 28.5 Å². The van der Waals surface area contributed by atoms with Crippen LogP contribution in [0.4, 0.5) is 5.69 Å². The number of carbonyl (C=O) groups excluding carboxylic acids is 1. The van der Waals surface area contributed by atoms with E-state index in [0.29, 0.717) is 23.1 Å². The van der Waals surface area contributed by atoms with Crippen LogP contribution in [0, 0.1) is 13.8 Å². The van der Waals surface area contributed by atoms with E-state index in [9.17, 15) is 4.79 Å². The number of benzene rings is 2. The van der Waals surface area contributed by atoms with E-state index in [1.165, 1.54) is 0 Å². The number of hydrogen-bond acceptors (Lipinski definition) is 8. The first kappa shape index (κ1) is 21.1. The standard InChI is InChI=1S/C23H21N5O4S/c1-14-21(15(2)28(27-14)16-8-4-3-5-9-16)24-20(29)13-33-23-26-25-22(32-23)19-12-30-17-10-6-7-11-18(17)31-19/h3-11,19H,12-13H2,1-2H3,(H,24,29)/t19-/m1/s1. The van der Waals surface area contributed by atoms with Crippen molar-refractivity contribution in [2.45, 2.75) is 25.2 Å². The van der Waals surface area contributed by atoms with Gasteiger partial charge in [0.25, 0.3) is 11.1 Å². The van der Waals surface area contributed by atoms with E-state index in [2.05, 4.69) is 20.6 Å². The molecule has 1 atom stereocenters. The van der Waals surface area contributed by atoms with Gasteiger partial charge in [-0.1, -0.05) is 42.1 Å². The van der Waals surface area contributed by atoms with E-state index in [-0.39, 0.29) is 23.5 Å². The number of hydrogen-bond donors (Lipinski definition) is 1. The summed E-state index contributed by atoms with van der Waals surface area (Å²) >= 11 is 1.16. The van der Waals surface area contributed by atoms with Gasteiger partial charge < -0.3 is 19.2 Å². The third-order valence-electron chi connectivity index (χ3n) is 5.09. The molecule has 0 unspecified atom stereocenters. The first-order chi connectivity index (χ1) is 16.1. The van der Waals surface area contributed by atoms with E-state index in [1.54, 1.807) is 0 Å². The van der Waals surface area contributed by atoms with Crippen molar-refractivity contribution in [3.63, 3.8) is 0 Å². The fourth-order valence-corrected chi connectivity index (χ4v) is 4.07. The molecular weight excluding hydrogens is 442 g/mol. The van der Waals surface area contributed by atoms with Gasteiger partial charge >= 0.3 is 0 Å². The number of ether oxygens (including phenoxy) is 2. The number of anilines is 1. The monoisotopic (exact) mass is 463 g/mol. The summed E-state index contributed by atoms with van der Waals surface area (Å²) in [4.78, 5) is 12.6. The average Bonchev–Trinajstić information content (AvgIpc) is 3.43. The van der Waals surface area contributed by atoms with Crippen LogP contribution in [0.5, 0.6) is 11.5 Å². The van der Waals surface area contributed by atoms with Gasteiger partial charge in [0.15, 0.2) is 11.5 Å². The van der Waals surface area contributed by atoms with Crippen molar-refractivity contribution < 1.29 is 18.7 Å². The van der Waals surface area contributed by atoms with Gasteiger partial charge in [-0.2, -0.15) is 5.10 Å². The number of aryl methyl sites for hydroxylation is 1. The van der Waals surface area contributed by atoms with Gasteiger partial charge in [-0.15, -0.1) is 10.2 Å². The van der Waals surface area contributed by atoms with E-state index < -0.39 is 6.10 Å². The minimum Gasteiger partial charge on any atom is -0.485 e. The van der Waals surface area contributed by atoms with Crippen LogP contribution in [-0.2, 0) is 4.79 Å². The molecule has 5 rings (SSSR count). The number of rotatable bonds is 6. The number of fused-ring (bicyclic) bond motifs is 1. The lowest BCUT2D eigenvalue weighted by molar-refractivity contribution is -0.113. The quantitative estimate of drug-likeness (QED) is 0.426. The van der Waals surface area contributed by atoms with Crippen LogP contribution in [0.2, 0.25) is 0 Å². The average molecular weight is 464 g/mol. The summed E-state index contributed by atoms with van der Waals surface area (Å²) in [5, 5.41) is 15.9. The largest absolute Gasteiger partial charge is 0.485 e. The van der Waals surface area contributed by atoms with E-state index in [0.717, 1.165) is 28.8 Å². The van der Waals surface area contributed by atoms with Crippen molar-refractivity contribution >= 4 is 23.4 Å². The molecule has 9 nitrogen and oxygen atoms in total. The molecule has 0 saturated carbocycles. The lowest BCUT2D eigenvalue weighted by Crippen LogP contribution is -2.21. The Morgan fingerprint density at radius 3 is 2.67 bits per heavy atom. The maximum atomic E-state index is 12.6. The number of amides is 1. The van der Waals surface area contributed by atoms with Gasteiger partial charge in [0, 0.05) is 0 Å². The van der Waals surface area contributed by atoms with Crippen molar-refractivity contribution in [3.05, 3.63) is 71.9 Å².